The molecule has 2 aromatic heterocycles. The van der Waals surface area contributed by atoms with E-state index in [2.05, 4.69) is 20.3 Å². The lowest BCUT2D eigenvalue weighted by molar-refractivity contribution is 0.102. The number of nitrogens with zero attached hydrogens (tertiary/aromatic N) is 4. The molecule has 0 aliphatic rings. The van der Waals surface area contributed by atoms with E-state index in [0.717, 1.165) is 22.3 Å². The van der Waals surface area contributed by atoms with Gasteiger partial charge < -0.3 is 16.0 Å². The second-order valence-corrected chi connectivity index (χ2v) is 6.80. The van der Waals surface area contributed by atoms with Gasteiger partial charge in [-0.2, -0.15) is 0 Å². The Morgan fingerprint density at radius 1 is 1.15 bits per heavy atom. The van der Waals surface area contributed by atoms with Gasteiger partial charge in [-0.15, -0.1) is 0 Å². The highest BCUT2D eigenvalue weighted by Crippen LogP contribution is 2.28. The Balaban J connectivity index is 1.96. The van der Waals surface area contributed by atoms with Gasteiger partial charge in [0.05, 0.1) is 5.52 Å². The fourth-order valence-electron chi connectivity index (χ4n) is 2.63. The number of pyridine rings is 1. The van der Waals surface area contributed by atoms with Crippen LogP contribution in [0.1, 0.15) is 16.2 Å². The van der Waals surface area contributed by atoms with E-state index < -0.39 is 0 Å². The van der Waals surface area contributed by atoms with Crippen LogP contribution in [0.3, 0.4) is 0 Å². The van der Waals surface area contributed by atoms with Crippen molar-refractivity contribution in [2.24, 2.45) is 0 Å². The Morgan fingerprint density at radius 3 is 2.62 bits per heavy atom. The van der Waals surface area contributed by atoms with E-state index in [1.54, 1.807) is 0 Å². The van der Waals surface area contributed by atoms with Crippen molar-refractivity contribution in [3.63, 3.8) is 0 Å². The predicted octanol–water partition coefficient (Wildman–Crippen LogP) is 2.96. The number of fused-ring (bicyclic) bond motifs is 1. The van der Waals surface area contributed by atoms with Crippen LogP contribution in [-0.4, -0.2) is 41.2 Å². The van der Waals surface area contributed by atoms with Crippen LogP contribution in [0.25, 0.3) is 10.9 Å². The highest BCUT2D eigenvalue weighted by molar-refractivity contribution is 7.98. The quantitative estimate of drug-likeness (QED) is 0.540. The Morgan fingerprint density at radius 2 is 1.92 bits per heavy atom. The van der Waals surface area contributed by atoms with Crippen LogP contribution < -0.4 is 16.0 Å². The molecular weight excluding hydrogens is 348 g/mol. The molecule has 0 saturated heterocycles. The molecule has 1 amide bonds. The zero-order chi connectivity index (χ0) is 18.8. The molecule has 0 saturated carbocycles. The molecule has 8 heteroatoms. The smallest absolute Gasteiger partial charge is 0.274 e. The summed E-state index contributed by atoms with van der Waals surface area (Å²) in [6.45, 7) is 1.96. The molecule has 1 aromatic carbocycles. The van der Waals surface area contributed by atoms with Gasteiger partial charge in [-0.05, 0) is 37.4 Å². The largest absolute Gasteiger partial charge is 0.384 e. The molecule has 134 valence electrons. The van der Waals surface area contributed by atoms with Gasteiger partial charge in [0.2, 0.25) is 0 Å². The van der Waals surface area contributed by atoms with Crippen LogP contribution in [0.4, 0.5) is 17.2 Å². The number of carbonyl (C=O) groups is 1. The van der Waals surface area contributed by atoms with E-state index in [-0.39, 0.29) is 17.4 Å². The van der Waals surface area contributed by atoms with Gasteiger partial charge in [0.25, 0.3) is 5.91 Å². The van der Waals surface area contributed by atoms with E-state index in [1.807, 2.05) is 56.4 Å². The number of thioether (sulfide) groups is 1. The summed E-state index contributed by atoms with van der Waals surface area (Å²) in [5.41, 5.74) is 9.51. The standard InChI is InChI=1S/C18H20N6OS/c1-10-7-15(24(2)3)12-8-11(5-6-13(12)20-10)21-17(25)14-9-16(19)23-18(22-14)26-4/h5-9H,1-4H3,(H,21,25)(H2,19,22,23). The molecule has 0 spiro atoms. The molecule has 0 atom stereocenters. The molecule has 0 bridgehead atoms. The molecular formula is C18H20N6OS. The zero-order valence-corrected chi connectivity index (χ0v) is 15.9. The number of aryl methyl sites for hydroxylation is 1. The molecule has 2 heterocycles. The first-order chi connectivity index (χ1) is 12.4. The molecule has 0 fully saturated rings. The maximum atomic E-state index is 12.6. The number of carbonyl (C=O) groups excluding carboxylic acids is 1. The number of benzene rings is 1. The highest BCUT2D eigenvalue weighted by Gasteiger charge is 2.13. The fourth-order valence-corrected chi connectivity index (χ4v) is 3.02. The maximum Gasteiger partial charge on any atom is 0.274 e. The van der Waals surface area contributed by atoms with Gasteiger partial charge in [-0.3, -0.25) is 9.78 Å². The first-order valence-electron chi connectivity index (χ1n) is 7.96. The van der Waals surface area contributed by atoms with Crippen molar-refractivity contribution >= 4 is 45.8 Å². The minimum atomic E-state index is -0.333. The summed E-state index contributed by atoms with van der Waals surface area (Å²) >= 11 is 1.33. The number of nitrogens with one attached hydrogen (secondary N) is 1. The number of anilines is 3. The third kappa shape index (κ3) is 3.70. The summed E-state index contributed by atoms with van der Waals surface area (Å²) in [5, 5.41) is 4.29. The van der Waals surface area contributed by atoms with Crippen LogP contribution in [0.2, 0.25) is 0 Å². The van der Waals surface area contributed by atoms with Gasteiger partial charge in [0, 0.05) is 42.6 Å². The summed E-state index contributed by atoms with van der Waals surface area (Å²) in [4.78, 5) is 27.4. The molecule has 7 nitrogen and oxygen atoms in total. The van der Waals surface area contributed by atoms with Crippen molar-refractivity contribution in [1.29, 1.82) is 0 Å². The second kappa shape index (κ2) is 7.17. The van der Waals surface area contributed by atoms with Crippen molar-refractivity contribution < 1.29 is 4.79 Å². The topological polar surface area (TPSA) is 97.0 Å². The van der Waals surface area contributed by atoms with Gasteiger partial charge in [0.15, 0.2) is 5.16 Å². The van der Waals surface area contributed by atoms with Gasteiger partial charge >= 0.3 is 0 Å². The van der Waals surface area contributed by atoms with E-state index >= 15 is 0 Å². The predicted molar refractivity (Wildman–Crippen MR) is 107 cm³/mol. The van der Waals surface area contributed by atoms with Crippen molar-refractivity contribution in [2.45, 2.75) is 12.1 Å². The minimum absolute atomic E-state index is 0.233. The molecule has 26 heavy (non-hydrogen) atoms. The van der Waals surface area contributed by atoms with Crippen LogP contribution in [0.15, 0.2) is 35.5 Å². The third-order valence-corrected chi connectivity index (χ3v) is 4.34. The number of rotatable bonds is 4. The number of hydrogen-bond acceptors (Lipinski definition) is 7. The third-order valence-electron chi connectivity index (χ3n) is 3.80. The lowest BCUT2D eigenvalue weighted by Gasteiger charge is -2.17. The summed E-state index contributed by atoms with van der Waals surface area (Å²) < 4.78 is 0. The van der Waals surface area contributed by atoms with Crippen molar-refractivity contribution in [1.82, 2.24) is 15.0 Å². The fraction of sp³-hybridized carbons (Fsp3) is 0.222. The number of aromatic nitrogens is 3. The van der Waals surface area contributed by atoms with Crippen LogP contribution in [0.5, 0.6) is 0 Å². The van der Waals surface area contributed by atoms with E-state index in [1.165, 1.54) is 17.8 Å². The van der Waals surface area contributed by atoms with Crippen molar-refractivity contribution in [3.8, 4) is 0 Å². The molecule has 0 aliphatic carbocycles. The maximum absolute atomic E-state index is 12.6. The number of nitrogens with two attached hydrogens (primary N) is 1. The van der Waals surface area contributed by atoms with E-state index in [9.17, 15) is 4.79 Å². The average molecular weight is 368 g/mol. The van der Waals surface area contributed by atoms with Crippen LogP contribution in [-0.2, 0) is 0 Å². The second-order valence-electron chi connectivity index (χ2n) is 6.03. The lowest BCUT2D eigenvalue weighted by Crippen LogP contribution is -2.15. The zero-order valence-electron chi connectivity index (χ0n) is 15.1. The lowest BCUT2D eigenvalue weighted by atomic mass is 10.1. The highest BCUT2D eigenvalue weighted by atomic mass is 32.2. The Kier molecular flexibility index (Phi) is 4.94. The molecule has 0 aliphatic heterocycles. The van der Waals surface area contributed by atoms with E-state index in [4.69, 9.17) is 5.73 Å². The Bertz CT molecular complexity index is 989. The Labute approximate surface area is 156 Å². The summed E-state index contributed by atoms with van der Waals surface area (Å²) in [7, 11) is 3.96. The molecule has 3 N–H and O–H groups in total. The molecule has 3 rings (SSSR count). The van der Waals surface area contributed by atoms with Crippen molar-refractivity contribution in [3.05, 3.63) is 41.7 Å². The molecule has 0 radical (unpaired) electrons. The van der Waals surface area contributed by atoms with Gasteiger partial charge in [0.1, 0.15) is 11.5 Å². The normalized spacial score (nSPS) is 10.8. The molecule has 0 unspecified atom stereocenters. The van der Waals surface area contributed by atoms with Gasteiger partial charge in [-0.25, -0.2) is 9.97 Å². The summed E-state index contributed by atoms with van der Waals surface area (Å²) in [5.74, 6) is -0.0668. The number of hydrogen-bond donors (Lipinski definition) is 2. The van der Waals surface area contributed by atoms with Crippen LogP contribution >= 0.6 is 11.8 Å². The summed E-state index contributed by atoms with van der Waals surface area (Å²) in [6, 6.07) is 9.11. The number of amides is 1. The first kappa shape index (κ1) is 17.9. The molecule has 3 aromatic rings. The van der Waals surface area contributed by atoms with Gasteiger partial charge in [-0.1, -0.05) is 11.8 Å². The summed E-state index contributed by atoms with van der Waals surface area (Å²) in [6.07, 6.45) is 1.83. The van der Waals surface area contributed by atoms with Crippen LogP contribution in [0, 0.1) is 6.92 Å². The van der Waals surface area contributed by atoms with Crippen molar-refractivity contribution in [2.75, 3.05) is 36.3 Å². The Hall–Kier alpha value is -2.87. The number of nitrogen functional groups attached to an aromatic ring is 1. The monoisotopic (exact) mass is 368 g/mol. The minimum Gasteiger partial charge on any atom is -0.384 e. The SMILES string of the molecule is CSc1nc(N)cc(C(=O)Nc2ccc3nc(C)cc(N(C)C)c3c2)n1. The average Bonchev–Trinajstić information content (AvgIpc) is 2.60. The van der Waals surface area contributed by atoms with E-state index in [0.29, 0.717) is 10.8 Å². The first-order valence-corrected chi connectivity index (χ1v) is 9.18.